The number of carbonyl (C=O) groups excluding carboxylic acids is 3. The van der Waals surface area contributed by atoms with Crippen molar-refractivity contribution in [1.82, 2.24) is 0 Å². The first-order valence-corrected chi connectivity index (χ1v) is 34.6. The lowest BCUT2D eigenvalue weighted by Gasteiger charge is -2.40. The Labute approximate surface area is 507 Å². The lowest BCUT2D eigenvalue weighted by Crippen LogP contribution is -2.61. The van der Waals surface area contributed by atoms with Crippen LogP contribution in [0.4, 0.5) is 0 Å². The Hall–Kier alpha value is -3.32. The topological polar surface area (TPSA) is 175 Å². The molecular formula is C71H126O12. The average Bonchev–Trinajstić information content (AvgIpc) is 3.58. The monoisotopic (exact) mass is 1170 g/mol. The van der Waals surface area contributed by atoms with E-state index in [0.717, 1.165) is 103 Å². The Morgan fingerprint density at radius 2 is 0.723 bits per heavy atom. The molecule has 1 rings (SSSR count). The van der Waals surface area contributed by atoms with Gasteiger partial charge in [0.25, 0.3) is 0 Å². The lowest BCUT2D eigenvalue weighted by molar-refractivity contribution is -0.301. The number of esters is 3. The number of carbonyl (C=O) groups is 4. The van der Waals surface area contributed by atoms with E-state index in [1.54, 1.807) is 0 Å². The maximum absolute atomic E-state index is 13.2. The fourth-order valence-electron chi connectivity index (χ4n) is 10.5. The maximum atomic E-state index is 13.2. The quantitative estimate of drug-likeness (QED) is 0.0228. The summed E-state index contributed by atoms with van der Waals surface area (Å²) in [6.07, 6.45) is 60.6. The molecule has 0 aromatic rings. The van der Waals surface area contributed by atoms with Gasteiger partial charge < -0.3 is 39.0 Å². The number of rotatable bonds is 60. The SMILES string of the molecule is CCCCC/C=C\C/C=C\CCCCCCCCCC(=O)OCC(COC1OC(C(=O)O)C(O)C(O)C1OC(=O)CCCCCCCCCCC/C=C\CCCCCCCC)OC(=O)CCCCCCCCC/C=C\CCCCCCCC. The molecule has 482 valence electrons. The van der Waals surface area contributed by atoms with Crippen molar-refractivity contribution in [2.45, 2.75) is 366 Å². The van der Waals surface area contributed by atoms with E-state index >= 15 is 0 Å². The molecule has 83 heavy (non-hydrogen) atoms. The molecular weight excluding hydrogens is 1040 g/mol. The van der Waals surface area contributed by atoms with Crippen LogP contribution < -0.4 is 0 Å². The highest BCUT2D eigenvalue weighted by Crippen LogP contribution is 2.27. The van der Waals surface area contributed by atoms with Gasteiger partial charge in [-0.25, -0.2) is 4.79 Å². The zero-order chi connectivity index (χ0) is 60.3. The summed E-state index contributed by atoms with van der Waals surface area (Å²) in [6, 6.07) is 0. The number of hydrogen-bond acceptors (Lipinski definition) is 11. The third kappa shape index (κ3) is 48.5. The van der Waals surface area contributed by atoms with E-state index in [1.165, 1.54) is 167 Å². The minimum Gasteiger partial charge on any atom is -0.479 e. The molecule has 1 heterocycles. The van der Waals surface area contributed by atoms with Gasteiger partial charge in [0.05, 0.1) is 6.61 Å². The molecule has 0 aromatic heterocycles. The predicted molar refractivity (Wildman–Crippen MR) is 340 cm³/mol. The number of aliphatic carboxylic acids is 1. The fraction of sp³-hybridized carbons (Fsp3) is 0.831. The second kappa shape index (κ2) is 59.0. The van der Waals surface area contributed by atoms with Crippen LogP contribution in [0.1, 0.15) is 329 Å². The molecule has 0 aromatic carbocycles. The molecule has 3 N–H and O–H groups in total. The summed E-state index contributed by atoms with van der Waals surface area (Å²) in [5.74, 6) is -3.11. The van der Waals surface area contributed by atoms with Crippen LogP contribution in [0.25, 0.3) is 0 Å². The van der Waals surface area contributed by atoms with Gasteiger partial charge in [0, 0.05) is 19.3 Å². The summed E-state index contributed by atoms with van der Waals surface area (Å²) in [4.78, 5) is 51.4. The number of carboxylic acid groups (broad SMARTS) is 1. The average molecular weight is 1170 g/mol. The van der Waals surface area contributed by atoms with Crippen LogP contribution in [0.5, 0.6) is 0 Å². The Kier molecular flexibility index (Phi) is 55.3. The first-order valence-electron chi connectivity index (χ1n) is 34.6. The van der Waals surface area contributed by atoms with Crippen LogP contribution in [0.2, 0.25) is 0 Å². The Balaban J connectivity index is 2.64. The summed E-state index contributed by atoms with van der Waals surface area (Å²) in [6.45, 7) is 6.01. The highest BCUT2D eigenvalue weighted by Gasteiger charge is 2.50. The molecule has 0 saturated carbocycles. The van der Waals surface area contributed by atoms with Crippen molar-refractivity contribution in [3.63, 3.8) is 0 Å². The molecule has 1 aliphatic heterocycles. The van der Waals surface area contributed by atoms with Crippen molar-refractivity contribution in [3.05, 3.63) is 48.6 Å². The van der Waals surface area contributed by atoms with Gasteiger partial charge in [0.15, 0.2) is 24.6 Å². The van der Waals surface area contributed by atoms with Gasteiger partial charge in [0.2, 0.25) is 0 Å². The first kappa shape index (κ1) is 77.7. The van der Waals surface area contributed by atoms with Gasteiger partial charge in [-0.05, 0) is 103 Å². The Morgan fingerprint density at radius 1 is 0.398 bits per heavy atom. The second-order valence-corrected chi connectivity index (χ2v) is 23.8. The second-order valence-electron chi connectivity index (χ2n) is 23.8. The number of carboxylic acids is 1. The summed E-state index contributed by atoms with van der Waals surface area (Å²) in [5.41, 5.74) is 0. The molecule has 1 saturated heterocycles. The van der Waals surface area contributed by atoms with Crippen LogP contribution in [0.3, 0.4) is 0 Å². The fourth-order valence-corrected chi connectivity index (χ4v) is 10.5. The van der Waals surface area contributed by atoms with Crippen LogP contribution in [-0.2, 0) is 42.9 Å². The third-order valence-corrected chi connectivity index (χ3v) is 15.8. The molecule has 0 bridgehead atoms. The van der Waals surface area contributed by atoms with Crippen molar-refractivity contribution in [2.75, 3.05) is 13.2 Å². The normalized spacial score (nSPS) is 17.8. The highest BCUT2D eigenvalue weighted by molar-refractivity contribution is 5.74. The highest BCUT2D eigenvalue weighted by atomic mass is 16.7. The van der Waals surface area contributed by atoms with Gasteiger partial charge in [-0.15, -0.1) is 0 Å². The summed E-state index contributed by atoms with van der Waals surface area (Å²) >= 11 is 0. The molecule has 0 spiro atoms. The smallest absolute Gasteiger partial charge is 0.335 e. The predicted octanol–water partition coefficient (Wildman–Crippen LogP) is 18.9. The lowest BCUT2D eigenvalue weighted by atomic mass is 9.98. The third-order valence-electron chi connectivity index (χ3n) is 15.8. The summed E-state index contributed by atoms with van der Waals surface area (Å²) in [5, 5.41) is 31.7. The summed E-state index contributed by atoms with van der Waals surface area (Å²) in [7, 11) is 0. The molecule has 12 nitrogen and oxygen atoms in total. The van der Waals surface area contributed by atoms with Gasteiger partial charge >= 0.3 is 23.9 Å². The molecule has 1 fully saturated rings. The number of hydrogen-bond donors (Lipinski definition) is 3. The number of unbranched alkanes of at least 4 members (excludes halogenated alkanes) is 38. The molecule has 0 amide bonds. The van der Waals surface area contributed by atoms with Gasteiger partial charge in [0.1, 0.15) is 18.8 Å². The van der Waals surface area contributed by atoms with E-state index in [2.05, 4.69) is 69.4 Å². The van der Waals surface area contributed by atoms with Crippen LogP contribution in [-0.4, -0.2) is 89.2 Å². The zero-order valence-corrected chi connectivity index (χ0v) is 53.5. The van der Waals surface area contributed by atoms with Crippen LogP contribution in [0, 0.1) is 0 Å². The van der Waals surface area contributed by atoms with E-state index in [1.807, 2.05) is 0 Å². The van der Waals surface area contributed by atoms with E-state index in [4.69, 9.17) is 23.7 Å². The summed E-state index contributed by atoms with van der Waals surface area (Å²) < 4.78 is 28.6. The number of aliphatic hydroxyl groups excluding tert-OH is 2. The van der Waals surface area contributed by atoms with E-state index < -0.39 is 67.3 Å². The number of ether oxygens (including phenoxy) is 5. The zero-order valence-electron chi connectivity index (χ0n) is 53.5. The molecule has 6 atom stereocenters. The number of aliphatic hydroxyl groups is 2. The standard InChI is InChI=1S/C71H126O12/c1-4-7-10-13-16-19-22-25-28-31-32-35-38-41-44-47-50-53-56-59-65(74)82-69-67(76)66(75)68(70(77)78)83-71(69)80-61-62(81-64(73)58-55-52-49-46-43-40-37-34-30-27-24-21-18-15-12-9-6-3)60-79-63(72)57-54-51-48-45-42-39-36-33-29-26-23-20-17-14-11-8-5-2/h17,20,25-30,62,66-69,71,75-76H,4-16,18-19,21-24,31-61H2,1-3H3,(H,77,78)/b20-17-,28-25-,29-26-,30-27-. The minimum atomic E-state index is -1.90. The van der Waals surface area contributed by atoms with Crippen molar-refractivity contribution in [1.29, 1.82) is 0 Å². The van der Waals surface area contributed by atoms with E-state index in [-0.39, 0.29) is 25.9 Å². The van der Waals surface area contributed by atoms with Crippen LogP contribution >= 0.6 is 0 Å². The minimum absolute atomic E-state index is 0.0591. The van der Waals surface area contributed by atoms with E-state index in [0.29, 0.717) is 19.3 Å². The molecule has 0 radical (unpaired) electrons. The number of allylic oxidation sites excluding steroid dienone is 8. The maximum Gasteiger partial charge on any atom is 0.335 e. The van der Waals surface area contributed by atoms with Crippen molar-refractivity contribution < 1.29 is 58.2 Å². The van der Waals surface area contributed by atoms with Gasteiger partial charge in [-0.3, -0.25) is 14.4 Å². The molecule has 0 aliphatic carbocycles. The largest absolute Gasteiger partial charge is 0.479 e. The van der Waals surface area contributed by atoms with Crippen LogP contribution in [0.15, 0.2) is 48.6 Å². The van der Waals surface area contributed by atoms with Crippen molar-refractivity contribution in [2.24, 2.45) is 0 Å². The first-order chi connectivity index (χ1) is 40.6. The van der Waals surface area contributed by atoms with Crippen molar-refractivity contribution in [3.8, 4) is 0 Å². The van der Waals surface area contributed by atoms with Crippen molar-refractivity contribution >= 4 is 23.9 Å². The molecule has 1 aliphatic rings. The Bertz CT molecular complexity index is 1630. The van der Waals surface area contributed by atoms with Gasteiger partial charge in [-0.2, -0.15) is 0 Å². The molecule has 6 unspecified atom stereocenters. The van der Waals surface area contributed by atoms with E-state index in [9.17, 15) is 34.5 Å². The Morgan fingerprint density at radius 3 is 1.12 bits per heavy atom. The molecule has 12 heteroatoms. The van der Waals surface area contributed by atoms with Gasteiger partial charge in [-0.1, -0.05) is 256 Å².